The second-order valence-corrected chi connectivity index (χ2v) is 11.8. The van der Waals surface area contributed by atoms with Gasteiger partial charge in [0, 0.05) is 10.0 Å². The predicted octanol–water partition coefficient (Wildman–Crippen LogP) is 6.16. The summed E-state index contributed by atoms with van der Waals surface area (Å²) >= 11 is 12.0. The number of aliphatic imine (C=N–C) groups is 3. The fraction of sp³-hybridized carbons (Fsp3) is 0.344. The maximum Gasteiger partial charge on any atom is 0.282 e. The van der Waals surface area contributed by atoms with Crippen molar-refractivity contribution in [1.82, 2.24) is 0 Å². The number of benzene rings is 3. The van der Waals surface area contributed by atoms with E-state index in [0.717, 1.165) is 32.3 Å². The summed E-state index contributed by atoms with van der Waals surface area (Å²) in [6, 6.07) is 17.2. The van der Waals surface area contributed by atoms with Crippen LogP contribution in [0, 0.1) is 19.7 Å². The SMILES string of the molecule is Cc1cc(F)ccc1[C@H]1COC(N)=N1.Cc1ccc(C2COC(N)=N2)cc1Cl.NC1=NC(c2ccc(Cl)cc2C2CC2)CO1. The fourth-order valence-corrected chi connectivity index (χ4v) is 5.46. The Balaban J connectivity index is 0.000000131. The van der Waals surface area contributed by atoms with Crippen LogP contribution in [0.1, 0.15) is 70.3 Å². The summed E-state index contributed by atoms with van der Waals surface area (Å²) in [5.41, 5.74) is 22.8. The van der Waals surface area contributed by atoms with E-state index in [1.807, 2.05) is 44.2 Å². The lowest BCUT2D eigenvalue weighted by Gasteiger charge is -2.12. The summed E-state index contributed by atoms with van der Waals surface area (Å²) in [5, 5.41) is 1.55. The van der Waals surface area contributed by atoms with E-state index >= 15 is 0 Å². The van der Waals surface area contributed by atoms with E-state index < -0.39 is 0 Å². The Morgan fingerprint density at radius 3 is 1.75 bits per heavy atom. The Morgan fingerprint density at radius 2 is 1.23 bits per heavy atom. The van der Waals surface area contributed by atoms with Gasteiger partial charge in [-0.25, -0.2) is 19.4 Å². The molecule has 2 unspecified atom stereocenters. The van der Waals surface area contributed by atoms with Gasteiger partial charge in [0.25, 0.3) is 18.1 Å². The summed E-state index contributed by atoms with van der Waals surface area (Å²) in [4.78, 5) is 12.5. The quantitative estimate of drug-likeness (QED) is 0.312. The van der Waals surface area contributed by atoms with E-state index in [2.05, 4.69) is 21.0 Å². The first-order chi connectivity index (χ1) is 21.1. The second kappa shape index (κ2) is 13.7. The van der Waals surface area contributed by atoms with Gasteiger partial charge in [0.1, 0.15) is 43.8 Å². The average Bonchev–Trinajstić information content (AvgIpc) is 3.36. The molecule has 3 atom stereocenters. The van der Waals surface area contributed by atoms with Gasteiger partial charge in [-0.1, -0.05) is 47.5 Å². The van der Waals surface area contributed by atoms with Gasteiger partial charge >= 0.3 is 0 Å². The Bertz CT molecular complexity index is 1610. The van der Waals surface area contributed by atoms with E-state index in [1.54, 1.807) is 6.07 Å². The number of nitrogens with zero attached hydrogens (tertiary/aromatic N) is 3. The monoisotopic (exact) mass is 640 g/mol. The van der Waals surface area contributed by atoms with Crippen molar-refractivity contribution in [3.05, 3.63) is 104 Å². The molecular formula is C32H35Cl2FN6O3. The molecule has 1 aliphatic carbocycles. The van der Waals surface area contributed by atoms with Crippen molar-refractivity contribution in [3.8, 4) is 0 Å². The highest BCUT2D eigenvalue weighted by Crippen LogP contribution is 2.44. The Morgan fingerprint density at radius 1 is 0.659 bits per heavy atom. The third-order valence-corrected chi connectivity index (χ3v) is 8.26. The first-order valence-corrected chi connectivity index (χ1v) is 15.0. The lowest BCUT2D eigenvalue weighted by atomic mass is 9.98. The lowest BCUT2D eigenvalue weighted by Crippen LogP contribution is -2.10. The molecule has 3 heterocycles. The molecule has 12 heteroatoms. The van der Waals surface area contributed by atoms with Crippen LogP contribution in [0.2, 0.25) is 10.0 Å². The van der Waals surface area contributed by atoms with Crippen LogP contribution < -0.4 is 17.2 Å². The van der Waals surface area contributed by atoms with Gasteiger partial charge in [-0.05, 0) is 96.3 Å². The fourth-order valence-electron chi connectivity index (χ4n) is 5.09. The van der Waals surface area contributed by atoms with Gasteiger partial charge in [-0.15, -0.1) is 0 Å². The molecule has 44 heavy (non-hydrogen) atoms. The molecule has 6 N–H and O–H groups in total. The van der Waals surface area contributed by atoms with Crippen LogP contribution in [0.25, 0.3) is 0 Å². The minimum absolute atomic E-state index is 0.00639. The molecule has 4 aliphatic rings. The van der Waals surface area contributed by atoms with Crippen LogP contribution in [-0.2, 0) is 14.2 Å². The topological polar surface area (TPSA) is 143 Å². The van der Waals surface area contributed by atoms with Crippen LogP contribution >= 0.6 is 23.2 Å². The summed E-state index contributed by atoms with van der Waals surface area (Å²) in [6.07, 6.45) is 2.50. The highest BCUT2D eigenvalue weighted by Gasteiger charge is 2.30. The largest absolute Gasteiger partial charge is 0.463 e. The van der Waals surface area contributed by atoms with Gasteiger partial charge in [-0.3, -0.25) is 0 Å². The number of amidine groups is 3. The van der Waals surface area contributed by atoms with Gasteiger partial charge < -0.3 is 31.4 Å². The normalized spacial score (nSPS) is 21.8. The zero-order chi connectivity index (χ0) is 31.4. The standard InChI is InChI=1S/C12H13ClN2O.C10H11ClN2O.C10H11FN2O/c13-8-3-4-9(10(5-8)7-1-2-7)11-6-16-12(14)15-11;1-6-2-3-7(4-8(6)11)9-5-14-10(12)13-9;1-6-4-7(11)2-3-8(6)9-5-14-10(12)13-9/h3-5,7,11H,1-2,6H2,(H2,14,15);2*2-4,9H,5H2,1H3,(H2,12,13)/t;;9-/m..1/s1. The lowest BCUT2D eigenvalue weighted by molar-refractivity contribution is 0.314. The molecule has 9 nitrogen and oxygen atoms in total. The Kier molecular flexibility index (Phi) is 9.80. The molecule has 3 aliphatic heterocycles. The first kappa shape index (κ1) is 31.4. The van der Waals surface area contributed by atoms with Crippen LogP contribution in [0.15, 0.2) is 69.6 Å². The molecule has 0 amide bonds. The maximum absolute atomic E-state index is 12.8. The Hall–Kier alpha value is -4.02. The van der Waals surface area contributed by atoms with E-state index in [9.17, 15) is 4.39 Å². The van der Waals surface area contributed by atoms with Crippen LogP contribution in [0.5, 0.6) is 0 Å². The minimum Gasteiger partial charge on any atom is -0.463 e. The molecule has 1 saturated carbocycles. The highest BCUT2D eigenvalue weighted by atomic mass is 35.5. The molecule has 232 valence electrons. The molecule has 0 saturated heterocycles. The van der Waals surface area contributed by atoms with Crippen LogP contribution in [0.3, 0.4) is 0 Å². The number of rotatable bonds is 4. The molecule has 1 fully saturated rings. The van der Waals surface area contributed by atoms with Crippen molar-refractivity contribution in [2.45, 2.75) is 50.7 Å². The number of halogens is 3. The molecule has 0 radical (unpaired) electrons. The molecule has 0 spiro atoms. The van der Waals surface area contributed by atoms with Gasteiger partial charge in [0.15, 0.2) is 0 Å². The van der Waals surface area contributed by atoms with Gasteiger partial charge in [0.2, 0.25) is 0 Å². The van der Waals surface area contributed by atoms with Crippen molar-refractivity contribution in [2.24, 2.45) is 32.2 Å². The Labute approximate surface area is 265 Å². The summed E-state index contributed by atoms with van der Waals surface area (Å²) in [5.74, 6) is 0.424. The molecule has 7 rings (SSSR count). The molecular weight excluding hydrogens is 606 g/mol. The van der Waals surface area contributed by atoms with Gasteiger partial charge in [0.05, 0.1) is 0 Å². The number of aryl methyl sites for hydroxylation is 2. The van der Waals surface area contributed by atoms with Gasteiger partial charge in [-0.2, -0.15) is 0 Å². The number of nitrogens with two attached hydrogens (primary N) is 3. The van der Waals surface area contributed by atoms with E-state index in [4.69, 9.17) is 54.6 Å². The first-order valence-electron chi connectivity index (χ1n) is 14.3. The number of ether oxygens (including phenoxy) is 3. The van der Waals surface area contributed by atoms with Crippen molar-refractivity contribution in [1.29, 1.82) is 0 Å². The molecule has 3 aromatic rings. The minimum atomic E-state index is -0.234. The smallest absolute Gasteiger partial charge is 0.282 e. The summed E-state index contributed by atoms with van der Waals surface area (Å²) in [7, 11) is 0. The summed E-state index contributed by atoms with van der Waals surface area (Å²) in [6.45, 7) is 5.31. The molecule has 3 aromatic carbocycles. The van der Waals surface area contributed by atoms with Crippen molar-refractivity contribution in [2.75, 3.05) is 19.8 Å². The second-order valence-electron chi connectivity index (χ2n) is 10.9. The maximum atomic E-state index is 12.8. The third-order valence-electron chi connectivity index (χ3n) is 7.61. The predicted molar refractivity (Wildman–Crippen MR) is 172 cm³/mol. The third kappa shape index (κ3) is 7.92. The van der Waals surface area contributed by atoms with Crippen molar-refractivity contribution >= 4 is 41.3 Å². The molecule has 0 bridgehead atoms. The summed E-state index contributed by atoms with van der Waals surface area (Å²) < 4.78 is 28.1. The van der Waals surface area contributed by atoms with E-state index in [-0.39, 0.29) is 36.0 Å². The average molecular weight is 642 g/mol. The zero-order valence-corrected chi connectivity index (χ0v) is 26.0. The number of hydrogen-bond donors (Lipinski definition) is 3. The highest BCUT2D eigenvalue weighted by molar-refractivity contribution is 6.31. The van der Waals surface area contributed by atoms with Crippen molar-refractivity contribution < 1.29 is 18.6 Å². The zero-order valence-electron chi connectivity index (χ0n) is 24.5. The van der Waals surface area contributed by atoms with Crippen LogP contribution in [-0.4, -0.2) is 37.9 Å². The van der Waals surface area contributed by atoms with E-state index in [0.29, 0.717) is 31.8 Å². The van der Waals surface area contributed by atoms with Crippen LogP contribution in [0.4, 0.5) is 4.39 Å². The number of hydrogen-bond acceptors (Lipinski definition) is 9. The van der Waals surface area contributed by atoms with Crippen molar-refractivity contribution in [3.63, 3.8) is 0 Å². The molecule has 0 aromatic heterocycles. The van der Waals surface area contributed by atoms with E-state index in [1.165, 1.54) is 36.1 Å².